The molecule has 2 rings (SSSR count). The van der Waals surface area contributed by atoms with E-state index in [1.165, 1.54) is 0 Å². The summed E-state index contributed by atoms with van der Waals surface area (Å²) in [5.74, 6) is 0.809. The highest BCUT2D eigenvalue weighted by Gasteiger charge is 2.14. The van der Waals surface area contributed by atoms with Crippen molar-refractivity contribution in [1.82, 2.24) is 9.80 Å². The van der Waals surface area contributed by atoms with Gasteiger partial charge >= 0.3 is 0 Å². The highest BCUT2D eigenvalue weighted by atomic mass is 35.5. The first kappa shape index (κ1) is 18.3. The molecule has 0 N–H and O–H groups in total. The first-order chi connectivity index (χ1) is 9.70. The summed E-state index contributed by atoms with van der Waals surface area (Å²) in [6.45, 7) is 9.90. The largest absolute Gasteiger partial charge is 0.490 e. The Morgan fingerprint density at radius 1 is 1.29 bits per heavy atom. The van der Waals surface area contributed by atoms with Gasteiger partial charge in [-0.2, -0.15) is 0 Å². The van der Waals surface area contributed by atoms with Crippen LogP contribution in [0.2, 0.25) is 5.02 Å². The van der Waals surface area contributed by atoms with Crippen LogP contribution in [0.4, 0.5) is 0 Å². The molecule has 1 aromatic rings. The standard InChI is InChI=1S/C16H23ClN2O.ClH/c1-3-5-14-6-4-7-15(17)16(14)20-13-12-19-10-8-18(2)9-11-19;/h3-4,6-7H,1,5,8-13H2,2H3;1H. The normalized spacial score (nSPS) is 16.3. The number of rotatable bonds is 6. The van der Waals surface area contributed by atoms with Crippen LogP contribution in [0.25, 0.3) is 0 Å². The Morgan fingerprint density at radius 2 is 2.00 bits per heavy atom. The molecule has 1 fully saturated rings. The number of allylic oxidation sites excluding steroid dienone is 1. The van der Waals surface area contributed by atoms with Gasteiger partial charge in [-0.25, -0.2) is 0 Å². The van der Waals surface area contributed by atoms with Crippen LogP contribution in [-0.2, 0) is 6.42 Å². The Hall–Kier alpha value is -0.740. The fourth-order valence-corrected chi connectivity index (χ4v) is 2.63. The first-order valence-corrected chi connectivity index (χ1v) is 7.50. The minimum Gasteiger partial charge on any atom is -0.490 e. The molecule has 0 aliphatic carbocycles. The van der Waals surface area contributed by atoms with E-state index in [1.54, 1.807) is 0 Å². The van der Waals surface area contributed by atoms with Crippen molar-refractivity contribution in [2.24, 2.45) is 0 Å². The molecule has 1 aliphatic rings. The number of piperazine rings is 1. The average Bonchev–Trinajstić information content (AvgIpc) is 2.44. The molecule has 0 unspecified atom stereocenters. The molecule has 0 saturated carbocycles. The lowest BCUT2D eigenvalue weighted by molar-refractivity contribution is 0.133. The van der Waals surface area contributed by atoms with Crippen molar-refractivity contribution in [3.8, 4) is 5.75 Å². The average molecular weight is 331 g/mol. The van der Waals surface area contributed by atoms with Crippen LogP contribution in [0.3, 0.4) is 0 Å². The Bertz CT molecular complexity index is 446. The minimum atomic E-state index is 0. The fourth-order valence-electron chi connectivity index (χ4n) is 2.38. The molecule has 0 spiro atoms. The lowest BCUT2D eigenvalue weighted by Crippen LogP contribution is -2.45. The summed E-state index contributed by atoms with van der Waals surface area (Å²) in [5.41, 5.74) is 1.10. The second kappa shape index (κ2) is 9.31. The second-order valence-electron chi connectivity index (χ2n) is 5.21. The second-order valence-corrected chi connectivity index (χ2v) is 5.62. The quantitative estimate of drug-likeness (QED) is 0.745. The van der Waals surface area contributed by atoms with Gasteiger partial charge in [0.1, 0.15) is 12.4 Å². The van der Waals surface area contributed by atoms with E-state index in [0.29, 0.717) is 11.6 Å². The molecule has 1 aromatic carbocycles. The van der Waals surface area contributed by atoms with Crippen LogP contribution >= 0.6 is 24.0 Å². The molecule has 1 aliphatic heterocycles. The molecular formula is C16H24Cl2N2O. The number of hydrogen-bond acceptors (Lipinski definition) is 3. The molecule has 1 saturated heterocycles. The topological polar surface area (TPSA) is 15.7 Å². The molecule has 0 amide bonds. The van der Waals surface area contributed by atoms with E-state index in [4.69, 9.17) is 16.3 Å². The van der Waals surface area contributed by atoms with Gasteiger partial charge in [-0.3, -0.25) is 4.90 Å². The summed E-state index contributed by atoms with van der Waals surface area (Å²) < 4.78 is 5.92. The number of nitrogens with zero attached hydrogens (tertiary/aromatic N) is 2. The monoisotopic (exact) mass is 330 g/mol. The predicted molar refractivity (Wildman–Crippen MR) is 92.0 cm³/mol. The molecule has 118 valence electrons. The predicted octanol–water partition coefficient (Wildman–Crippen LogP) is 3.12. The van der Waals surface area contributed by atoms with Crippen LogP contribution in [0.1, 0.15) is 5.56 Å². The third-order valence-corrected chi connectivity index (χ3v) is 3.96. The highest BCUT2D eigenvalue weighted by Crippen LogP contribution is 2.29. The van der Waals surface area contributed by atoms with Gasteiger partial charge in [0.25, 0.3) is 0 Å². The van der Waals surface area contributed by atoms with E-state index in [2.05, 4.69) is 23.4 Å². The van der Waals surface area contributed by atoms with E-state index in [-0.39, 0.29) is 12.4 Å². The maximum absolute atomic E-state index is 6.23. The Morgan fingerprint density at radius 3 is 2.67 bits per heavy atom. The van der Waals surface area contributed by atoms with Crippen LogP contribution in [0.5, 0.6) is 5.75 Å². The van der Waals surface area contributed by atoms with Crippen molar-refractivity contribution in [3.05, 3.63) is 41.4 Å². The van der Waals surface area contributed by atoms with E-state index in [0.717, 1.165) is 50.5 Å². The lowest BCUT2D eigenvalue weighted by atomic mass is 10.1. The molecule has 3 nitrogen and oxygen atoms in total. The summed E-state index contributed by atoms with van der Waals surface area (Å²) in [7, 11) is 2.17. The molecule has 0 atom stereocenters. The number of likely N-dealkylation sites (N-methyl/N-ethyl adjacent to an activating group) is 1. The van der Waals surface area contributed by atoms with Crippen molar-refractivity contribution in [1.29, 1.82) is 0 Å². The zero-order chi connectivity index (χ0) is 14.4. The first-order valence-electron chi connectivity index (χ1n) is 7.12. The van der Waals surface area contributed by atoms with Crippen LogP contribution in [0.15, 0.2) is 30.9 Å². The third kappa shape index (κ3) is 5.51. The van der Waals surface area contributed by atoms with Gasteiger partial charge in [0.2, 0.25) is 0 Å². The van der Waals surface area contributed by atoms with Gasteiger partial charge in [0, 0.05) is 32.7 Å². The highest BCUT2D eigenvalue weighted by molar-refractivity contribution is 6.32. The molecule has 0 radical (unpaired) electrons. The van der Waals surface area contributed by atoms with Crippen molar-refractivity contribution < 1.29 is 4.74 Å². The zero-order valence-electron chi connectivity index (χ0n) is 12.6. The van der Waals surface area contributed by atoms with E-state index < -0.39 is 0 Å². The molecule has 5 heteroatoms. The van der Waals surface area contributed by atoms with Crippen LogP contribution in [-0.4, -0.2) is 56.2 Å². The van der Waals surface area contributed by atoms with E-state index >= 15 is 0 Å². The van der Waals surface area contributed by atoms with Gasteiger partial charge in [0.15, 0.2) is 0 Å². The number of benzene rings is 1. The summed E-state index contributed by atoms with van der Waals surface area (Å²) in [6.07, 6.45) is 2.66. The smallest absolute Gasteiger partial charge is 0.141 e. The molecule has 21 heavy (non-hydrogen) atoms. The van der Waals surface area contributed by atoms with Gasteiger partial charge in [0.05, 0.1) is 5.02 Å². The van der Waals surface area contributed by atoms with Gasteiger partial charge in [-0.1, -0.05) is 29.8 Å². The van der Waals surface area contributed by atoms with Gasteiger partial charge < -0.3 is 9.64 Å². The maximum atomic E-state index is 6.23. The summed E-state index contributed by atoms with van der Waals surface area (Å²) in [5, 5.41) is 0.683. The molecule has 0 bridgehead atoms. The SMILES string of the molecule is C=CCc1cccc(Cl)c1OCCN1CCN(C)CC1.Cl. The molecular weight excluding hydrogens is 307 g/mol. The summed E-state index contributed by atoms with van der Waals surface area (Å²) in [6, 6.07) is 5.87. The van der Waals surface area contributed by atoms with Gasteiger partial charge in [-0.15, -0.1) is 19.0 Å². The summed E-state index contributed by atoms with van der Waals surface area (Å²) in [4.78, 5) is 4.79. The lowest BCUT2D eigenvalue weighted by Gasteiger charge is -2.32. The molecule has 0 aromatic heterocycles. The minimum absolute atomic E-state index is 0. The Balaban J connectivity index is 0.00000220. The van der Waals surface area contributed by atoms with Crippen molar-refractivity contribution >= 4 is 24.0 Å². The van der Waals surface area contributed by atoms with Gasteiger partial charge in [-0.05, 0) is 25.1 Å². The Kier molecular flexibility index (Phi) is 8.12. The van der Waals surface area contributed by atoms with E-state index in [9.17, 15) is 0 Å². The Labute approximate surface area is 138 Å². The van der Waals surface area contributed by atoms with E-state index in [1.807, 2.05) is 24.3 Å². The number of ether oxygens (including phenoxy) is 1. The zero-order valence-corrected chi connectivity index (χ0v) is 14.1. The van der Waals surface area contributed by atoms with Crippen molar-refractivity contribution in [3.63, 3.8) is 0 Å². The third-order valence-electron chi connectivity index (χ3n) is 3.66. The molecule has 1 heterocycles. The number of halogens is 2. The summed E-state index contributed by atoms with van der Waals surface area (Å²) >= 11 is 6.23. The fraction of sp³-hybridized carbons (Fsp3) is 0.500. The van der Waals surface area contributed by atoms with Crippen molar-refractivity contribution in [2.75, 3.05) is 46.4 Å². The number of para-hydroxylation sites is 1. The van der Waals surface area contributed by atoms with Crippen LogP contribution < -0.4 is 4.74 Å². The van der Waals surface area contributed by atoms with Crippen LogP contribution in [0, 0.1) is 0 Å². The maximum Gasteiger partial charge on any atom is 0.141 e. The number of hydrogen-bond donors (Lipinski definition) is 0. The van der Waals surface area contributed by atoms with Crippen molar-refractivity contribution in [2.45, 2.75) is 6.42 Å².